The molecule has 0 spiro atoms. The maximum atomic E-state index is 12.4. The van der Waals surface area contributed by atoms with E-state index in [4.69, 9.17) is 0 Å². The molecule has 2 amide bonds. The molecule has 2 heterocycles. The zero-order valence-electron chi connectivity index (χ0n) is 16.0. The first-order valence-corrected chi connectivity index (χ1v) is 9.99. The Morgan fingerprint density at radius 2 is 2.22 bits per heavy atom. The highest BCUT2D eigenvalue weighted by atomic mass is 32.1. The van der Waals surface area contributed by atoms with Gasteiger partial charge in [-0.25, -0.2) is 0 Å². The lowest BCUT2D eigenvalue weighted by Gasteiger charge is -2.25. The number of carbonyl (C=O) groups excluding carboxylic acids is 2. The van der Waals surface area contributed by atoms with Crippen LogP contribution in [0.5, 0.6) is 0 Å². The van der Waals surface area contributed by atoms with E-state index < -0.39 is 0 Å². The van der Waals surface area contributed by atoms with Gasteiger partial charge in [0, 0.05) is 43.2 Å². The molecule has 27 heavy (non-hydrogen) atoms. The fourth-order valence-electron chi connectivity index (χ4n) is 3.36. The molecule has 1 atom stereocenters. The minimum absolute atomic E-state index is 0.0799. The molecule has 1 N–H and O–H groups in total. The first-order chi connectivity index (χ1) is 13.0. The number of nitrogens with zero attached hydrogens (tertiary/aromatic N) is 2. The Balaban J connectivity index is 1.77. The fraction of sp³-hybridized carbons (Fsp3) is 0.381. The maximum absolute atomic E-state index is 12.4. The van der Waals surface area contributed by atoms with E-state index in [0.29, 0.717) is 19.0 Å². The van der Waals surface area contributed by atoms with Crippen molar-refractivity contribution in [3.8, 4) is 0 Å². The maximum Gasteiger partial charge on any atom is 0.249 e. The standard InChI is InChI=1S/C21H25N3O2S/c1-14-5-4-6-16(11-14)7-8-20(26)23-21-18(12-22-3)17-9-10-24(15(2)25)13-19(17)27-21/h4,6-8,11-12,14H,5,9-10,13H2,1-3H3,(H,23,26)/b8-7+,22-12?. The summed E-state index contributed by atoms with van der Waals surface area (Å²) in [5.74, 6) is 0.421. The number of carbonyl (C=O) groups is 2. The van der Waals surface area contributed by atoms with E-state index in [0.717, 1.165) is 33.9 Å². The number of anilines is 1. The smallest absolute Gasteiger partial charge is 0.249 e. The van der Waals surface area contributed by atoms with Gasteiger partial charge >= 0.3 is 0 Å². The van der Waals surface area contributed by atoms with Gasteiger partial charge in [0.1, 0.15) is 5.00 Å². The third-order valence-corrected chi connectivity index (χ3v) is 5.91. The molecular formula is C21H25N3O2S. The van der Waals surface area contributed by atoms with Crippen LogP contribution in [0.3, 0.4) is 0 Å². The highest BCUT2D eigenvalue weighted by Gasteiger charge is 2.25. The van der Waals surface area contributed by atoms with Crippen molar-refractivity contribution < 1.29 is 9.59 Å². The summed E-state index contributed by atoms with van der Waals surface area (Å²) in [6, 6.07) is 0. The molecule has 0 aromatic carbocycles. The molecule has 6 heteroatoms. The molecule has 3 rings (SSSR count). The molecule has 0 fully saturated rings. The third kappa shape index (κ3) is 4.63. The molecule has 0 saturated heterocycles. The SMILES string of the molecule is CN=Cc1c(NC(=O)/C=C/C2=CC(C)CC=C2)sc2c1CCN(C(C)=O)C2. The van der Waals surface area contributed by atoms with E-state index in [-0.39, 0.29) is 11.8 Å². The van der Waals surface area contributed by atoms with E-state index in [2.05, 4.69) is 29.4 Å². The molecule has 1 aliphatic carbocycles. The first kappa shape index (κ1) is 19.3. The number of nitrogens with one attached hydrogen (secondary N) is 1. The molecule has 0 radical (unpaired) electrons. The number of fused-ring (bicyclic) bond motifs is 1. The van der Waals surface area contributed by atoms with Crippen LogP contribution in [0.4, 0.5) is 5.00 Å². The lowest BCUT2D eigenvalue weighted by atomic mass is 9.98. The summed E-state index contributed by atoms with van der Waals surface area (Å²) in [5.41, 5.74) is 3.21. The molecule has 1 aromatic rings. The zero-order chi connectivity index (χ0) is 19.4. The van der Waals surface area contributed by atoms with E-state index in [1.165, 1.54) is 16.9 Å². The number of rotatable bonds is 4. The van der Waals surface area contributed by atoms with Crippen LogP contribution in [0.15, 0.2) is 40.9 Å². The number of hydrogen-bond acceptors (Lipinski definition) is 4. The number of thiophene rings is 1. The van der Waals surface area contributed by atoms with Crippen LogP contribution >= 0.6 is 11.3 Å². The van der Waals surface area contributed by atoms with Gasteiger partial charge in [0.2, 0.25) is 11.8 Å². The topological polar surface area (TPSA) is 61.8 Å². The average Bonchev–Trinajstić information content (AvgIpc) is 2.97. The second kappa shape index (κ2) is 8.48. The fourth-order valence-corrected chi connectivity index (χ4v) is 4.60. The number of aliphatic imine (C=N–C) groups is 1. The van der Waals surface area contributed by atoms with Crippen molar-refractivity contribution in [3.63, 3.8) is 0 Å². The largest absolute Gasteiger partial charge is 0.337 e. The van der Waals surface area contributed by atoms with Gasteiger partial charge in [-0.3, -0.25) is 14.6 Å². The van der Waals surface area contributed by atoms with Gasteiger partial charge in [-0.05, 0) is 36.0 Å². The Kier molecular flexibility index (Phi) is 6.06. The Labute approximate surface area is 164 Å². The Bertz CT molecular complexity index is 861. The van der Waals surface area contributed by atoms with E-state index in [1.54, 1.807) is 26.3 Å². The minimum Gasteiger partial charge on any atom is -0.337 e. The molecular weight excluding hydrogens is 358 g/mol. The van der Waals surface area contributed by atoms with Gasteiger partial charge in [-0.2, -0.15) is 0 Å². The summed E-state index contributed by atoms with van der Waals surface area (Å²) in [6.07, 6.45) is 13.4. The van der Waals surface area contributed by atoms with E-state index in [1.807, 2.05) is 17.1 Å². The zero-order valence-corrected chi connectivity index (χ0v) is 16.8. The van der Waals surface area contributed by atoms with Crippen molar-refractivity contribution in [2.45, 2.75) is 33.2 Å². The van der Waals surface area contributed by atoms with Crippen LogP contribution in [-0.4, -0.2) is 36.5 Å². The van der Waals surface area contributed by atoms with E-state index >= 15 is 0 Å². The first-order valence-electron chi connectivity index (χ1n) is 9.17. The summed E-state index contributed by atoms with van der Waals surface area (Å²) in [4.78, 5) is 31.2. The second-order valence-corrected chi connectivity index (χ2v) is 8.03. The molecule has 0 bridgehead atoms. The molecule has 1 aromatic heterocycles. The Hall–Kier alpha value is -2.47. The van der Waals surface area contributed by atoms with Crippen molar-refractivity contribution in [3.05, 3.63) is 52.0 Å². The molecule has 1 unspecified atom stereocenters. The van der Waals surface area contributed by atoms with Crippen LogP contribution < -0.4 is 5.32 Å². The van der Waals surface area contributed by atoms with Crippen molar-refractivity contribution >= 4 is 34.4 Å². The second-order valence-electron chi connectivity index (χ2n) is 6.93. The normalized spacial score (nSPS) is 19.4. The quantitative estimate of drug-likeness (QED) is 0.636. The van der Waals surface area contributed by atoms with E-state index in [9.17, 15) is 9.59 Å². The van der Waals surface area contributed by atoms with Crippen LogP contribution in [0.2, 0.25) is 0 Å². The summed E-state index contributed by atoms with van der Waals surface area (Å²) in [5, 5.41) is 3.79. The predicted octanol–water partition coefficient (Wildman–Crippen LogP) is 3.72. The summed E-state index contributed by atoms with van der Waals surface area (Å²) in [6.45, 7) is 5.06. The van der Waals surface area contributed by atoms with Gasteiger partial charge in [-0.15, -0.1) is 11.3 Å². The third-order valence-electron chi connectivity index (χ3n) is 4.76. The highest BCUT2D eigenvalue weighted by molar-refractivity contribution is 7.17. The highest BCUT2D eigenvalue weighted by Crippen LogP contribution is 2.36. The van der Waals surface area contributed by atoms with Crippen molar-refractivity contribution in [2.24, 2.45) is 10.9 Å². The van der Waals surface area contributed by atoms with Gasteiger partial charge in [-0.1, -0.05) is 25.2 Å². The lowest BCUT2D eigenvalue weighted by molar-refractivity contribution is -0.129. The summed E-state index contributed by atoms with van der Waals surface area (Å²) < 4.78 is 0. The van der Waals surface area contributed by atoms with Crippen LogP contribution in [0, 0.1) is 5.92 Å². The van der Waals surface area contributed by atoms with Crippen molar-refractivity contribution in [2.75, 3.05) is 18.9 Å². The minimum atomic E-state index is -0.157. The predicted molar refractivity (Wildman–Crippen MR) is 111 cm³/mol. The Morgan fingerprint density at radius 1 is 1.41 bits per heavy atom. The van der Waals surface area contributed by atoms with Gasteiger partial charge in [0.15, 0.2) is 0 Å². The van der Waals surface area contributed by atoms with Gasteiger partial charge < -0.3 is 10.2 Å². The number of allylic oxidation sites excluding steroid dienone is 5. The van der Waals surface area contributed by atoms with Crippen LogP contribution in [0.25, 0.3) is 0 Å². The molecule has 142 valence electrons. The van der Waals surface area contributed by atoms with Crippen LogP contribution in [-0.2, 0) is 22.6 Å². The molecule has 0 saturated carbocycles. The average molecular weight is 384 g/mol. The summed E-state index contributed by atoms with van der Waals surface area (Å²) in [7, 11) is 1.73. The molecule has 5 nitrogen and oxygen atoms in total. The monoisotopic (exact) mass is 383 g/mol. The summed E-state index contributed by atoms with van der Waals surface area (Å²) >= 11 is 1.53. The van der Waals surface area contributed by atoms with Gasteiger partial charge in [0.05, 0.1) is 6.54 Å². The molecule has 1 aliphatic heterocycles. The van der Waals surface area contributed by atoms with Crippen LogP contribution in [0.1, 0.15) is 36.3 Å². The Morgan fingerprint density at radius 3 is 2.93 bits per heavy atom. The van der Waals surface area contributed by atoms with Crippen molar-refractivity contribution in [1.29, 1.82) is 0 Å². The molecule has 2 aliphatic rings. The van der Waals surface area contributed by atoms with Crippen molar-refractivity contribution in [1.82, 2.24) is 4.90 Å². The number of amides is 2. The lowest BCUT2D eigenvalue weighted by Crippen LogP contribution is -2.33. The number of hydrogen-bond donors (Lipinski definition) is 1. The van der Waals surface area contributed by atoms with Gasteiger partial charge in [0.25, 0.3) is 0 Å².